The van der Waals surface area contributed by atoms with Gasteiger partial charge in [0.2, 0.25) is 0 Å². The summed E-state index contributed by atoms with van der Waals surface area (Å²) >= 11 is 1.44. The van der Waals surface area contributed by atoms with E-state index in [0.717, 1.165) is 9.40 Å². The van der Waals surface area contributed by atoms with Crippen LogP contribution in [-0.4, -0.2) is 10.2 Å². The molecule has 0 aliphatic heterocycles. The average molecular weight is 286 g/mol. The molecular formula is C16H14O3S. The van der Waals surface area contributed by atoms with E-state index in [1.165, 1.54) is 17.4 Å². The minimum Gasteiger partial charge on any atom is -0.507 e. The van der Waals surface area contributed by atoms with Crippen molar-refractivity contribution in [3.8, 4) is 5.75 Å². The molecule has 1 aromatic heterocycles. The Hall–Kier alpha value is -1.91. The van der Waals surface area contributed by atoms with Gasteiger partial charge in [-0.25, -0.2) is 0 Å². The van der Waals surface area contributed by atoms with Crippen LogP contribution in [0, 0.1) is 0 Å². The van der Waals surface area contributed by atoms with Crippen LogP contribution < -0.4 is 5.43 Å². The summed E-state index contributed by atoms with van der Waals surface area (Å²) in [7, 11) is 0. The van der Waals surface area contributed by atoms with Crippen molar-refractivity contribution in [1.29, 1.82) is 0 Å². The van der Waals surface area contributed by atoms with E-state index in [4.69, 9.17) is 0 Å². The molecule has 20 heavy (non-hydrogen) atoms. The summed E-state index contributed by atoms with van der Waals surface area (Å²) in [6.45, 7) is 3.31. The van der Waals surface area contributed by atoms with Gasteiger partial charge < -0.3 is 10.2 Å². The summed E-state index contributed by atoms with van der Waals surface area (Å²) in [5, 5.41) is 21.0. The highest BCUT2D eigenvalue weighted by atomic mass is 32.1. The van der Waals surface area contributed by atoms with Gasteiger partial charge in [0.1, 0.15) is 5.75 Å². The van der Waals surface area contributed by atoms with Gasteiger partial charge in [-0.3, -0.25) is 4.79 Å². The van der Waals surface area contributed by atoms with Crippen LogP contribution in [0.4, 0.5) is 0 Å². The number of benzene rings is 2. The Balaban J connectivity index is 2.60. The second-order valence-corrected chi connectivity index (χ2v) is 6.40. The molecule has 102 valence electrons. The number of hydrogen-bond acceptors (Lipinski definition) is 4. The molecule has 0 saturated carbocycles. The van der Waals surface area contributed by atoms with Crippen molar-refractivity contribution in [3.05, 3.63) is 52.2 Å². The molecule has 0 atom stereocenters. The Labute approximate surface area is 119 Å². The van der Waals surface area contributed by atoms with Crippen LogP contribution in [0.5, 0.6) is 5.75 Å². The van der Waals surface area contributed by atoms with E-state index in [2.05, 4.69) is 0 Å². The second kappa shape index (κ2) is 4.30. The highest BCUT2D eigenvalue weighted by molar-refractivity contribution is 7.24. The molecule has 0 fully saturated rings. The van der Waals surface area contributed by atoms with E-state index < -0.39 is 5.60 Å². The van der Waals surface area contributed by atoms with E-state index in [-0.39, 0.29) is 11.2 Å². The lowest BCUT2D eigenvalue weighted by molar-refractivity contribution is 0.0802. The standard InChI is InChI=1S/C16H14O3S/c1-16(2,19)9-5-3-7-11-13(9)15(18)14-10(17)6-4-8-12(14)20-11/h3-8,17,19H,1-2H3. The molecule has 0 unspecified atom stereocenters. The van der Waals surface area contributed by atoms with Crippen LogP contribution >= 0.6 is 11.3 Å². The monoisotopic (exact) mass is 286 g/mol. The first-order valence-corrected chi connectivity index (χ1v) is 7.11. The molecule has 2 N–H and O–H groups in total. The van der Waals surface area contributed by atoms with Crippen molar-refractivity contribution in [3.63, 3.8) is 0 Å². The van der Waals surface area contributed by atoms with Gasteiger partial charge in [0.15, 0.2) is 5.43 Å². The molecular weight excluding hydrogens is 272 g/mol. The van der Waals surface area contributed by atoms with Gasteiger partial charge in [-0.15, -0.1) is 11.3 Å². The fourth-order valence-electron chi connectivity index (χ4n) is 2.44. The Morgan fingerprint density at radius 2 is 1.60 bits per heavy atom. The number of rotatable bonds is 1. The summed E-state index contributed by atoms with van der Waals surface area (Å²) in [5.41, 5.74) is -0.755. The number of fused-ring (bicyclic) bond motifs is 2. The van der Waals surface area contributed by atoms with E-state index >= 15 is 0 Å². The molecule has 0 aliphatic rings. The Morgan fingerprint density at radius 1 is 1.00 bits per heavy atom. The van der Waals surface area contributed by atoms with Gasteiger partial charge in [0, 0.05) is 14.8 Å². The minimum atomic E-state index is -1.11. The van der Waals surface area contributed by atoms with Crippen LogP contribution in [0.3, 0.4) is 0 Å². The van der Waals surface area contributed by atoms with Gasteiger partial charge in [-0.2, -0.15) is 0 Å². The van der Waals surface area contributed by atoms with Crippen molar-refractivity contribution in [1.82, 2.24) is 0 Å². The van der Waals surface area contributed by atoms with Crippen molar-refractivity contribution < 1.29 is 10.2 Å². The molecule has 0 radical (unpaired) electrons. The molecule has 0 saturated heterocycles. The van der Waals surface area contributed by atoms with E-state index in [9.17, 15) is 15.0 Å². The van der Waals surface area contributed by atoms with Crippen molar-refractivity contribution in [2.24, 2.45) is 0 Å². The highest BCUT2D eigenvalue weighted by Gasteiger charge is 2.22. The summed E-state index contributed by atoms with van der Waals surface area (Å²) in [4.78, 5) is 12.7. The topological polar surface area (TPSA) is 57.5 Å². The largest absolute Gasteiger partial charge is 0.507 e. The Bertz CT molecular complexity index is 872. The van der Waals surface area contributed by atoms with Gasteiger partial charge in [0.25, 0.3) is 0 Å². The SMILES string of the molecule is CC(C)(O)c1cccc2sc3cccc(O)c3c(=O)c12. The zero-order chi connectivity index (χ0) is 14.5. The maximum absolute atomic E-state index is 12.7. The first-order chi connectivity index (χ1) is 9.39. The second-order valence-electron chi connectivity index (χ2n) is 5.32. The maximum Gasteiger partial charge on any atom is 0.199 e. The molecule has 0 aliphatic carbocycles. The minimum absolute atomic E-state index is 0.0174. The summed E-state index contributed by atoms with van der Waals surface area (Å²) < 4.78 is 1.56. The van der Waals surface area contributed by atoms with Crippen LogP contribution in [0.2, 0.25) is 0 Å². The maximum atomic E-state index is 12.7. The average Bonchev–Trinajstić information content (AvgIpc) is 2.37. The fraction of sp³-hybridized carbons (Fsp3) is 0.188. The van der Waals surface area contributed by atoms with Gasteiger partial charge in [-0.05, 0) is 37.6 Å². The van der Waals surface area contributed by atoms with E-state index in [1.54, 1.807) is 26.0 Å². The molecule has 2 aromatic carbocycles. The third kappa shape index (κ3) is 1.88. The zero-order valence-corrected chi connectivity index (χ0v) is 12.0. The van der Waals surface area contributed by atoms with Gasteiger partial charge >= 0.3 is 0 Å². The molecule has 1 heterocycles. The molecule has 3 aromatic rings. The summed E-state index contributed by atoms with van der Waals surface area (Å²) in [6, 6.07) is 10.5. The first kappa shape index (κ1) is 13.1. The van der Waals surface area contributed by atoms with Crippen LogP contribution in [0.1, 0.15) is 19.4 Å². The molecule has 0 spiro atoms. The lowest BCUT2D eigenvalue weighted by atomic mass is 9.94. The van der Waals surface area contributed by atoms with Crippen molar-refractivity contribution in [2.45, 2.75) is 19.4 Å². The normalized spacial score (nSPS) is 12.2. The van der Waals surface area contributed by atoms with Crippen molar-refractivity contribution in [2.75, 3.05) is 0 Å². The predicted molar refractivity (Wildman–Crippen MR) is 82.5 cm³/mol. The first-order valence-electron chi connectivity index (χ1n) is 6.30. The molecule has 3 rings (SSSR count). The zero-order valence-electron chi connectivity index (χ0n) is 11.2. The predicted octanol–water partition coefficient (Wildman–Crippen LogP) is 3.35. The fourth-order valence-corrected chi connectivity index (χ4v) is 3.57. The lowest BCUT2D eigenvalue weighted by Gasteiger charge is -2.19. The third-order valence-corrected chi connectivity index (χ3v) is 4.48. The molecule has 0 amide bonds. The van der Waals surface area contributed by atoms with Crippen LogP contribution in [0.15, 0.2) is 41.2 Å². The van der Waals surface area contributed by atoms with Crippen molar-refractivity contribution >= 4 is 31.5 Å². The van der Waals surface area contributed by atoms with Crippen LogP contribution in [0.25, 0.3) is 20.2 Å². The lowest BCUT2D eigenvalue weighted by Crippen LogP contribution is -2.19. The summed E-state index contributed by atoms with van der Waals surface area (Å²) in [6.07, 6.45) is 0. The number of phenolic OH excluding ortho intramolecular Hbond substituents is 1. The number of aromatic hydroxyl groups is 1. The van der Waals surface area contributed by atoms with Gasteiger partial charge in [-0.1, -0.05) is 18.2 Å². The van der Waals surface area contributed by atoms with E-state index in [0.29, 0.717) is 16.3 Å². The number of phenols is 1. The Morgan fingerprint density at radius 3 is 2.25 bits per heavy atom. The Kier molecular flexibility index (Phi) is 2.81. The summed E-state index contributed by atoms with van der Waals surface area (Å²) in [5.74, 6) is -0.0174. The third-order valence-electron chi connectivity index (χ3n) is 3.36. The number of hydrogen-bond donors (Lipinski definition) is 2. The highest BCUT2D eigenvalue weighted by Crippen LogP contribution is 2.33. The molecule has 3 nitrogen and oxygen atoms in total. The number of aliphatic hydroxyl groups is 1. The molecule has 4 heteroatoms. The van der Waals surface area contributed by atoms with Gasteiger partial charge in [0.05, 0.1) is 11.0 Å². The quantitative estimate of drug-likeness (QED) is 0.674. The van der Waals surface area contributed by atoms with E-state index in [1.807, 2.05) is 18.2 Å². The van der Waals surface area contributed by atoms with Crippen LogP contribution in [-0.2, 0) is 5.60 Å². The molecule has 0 bridgehead atoms. The smallest absolute Gasteiger partial charge is 0.199 e.